The first-order valence-corrected chi connectivity index (χ1v) is 8.29. The maximum atomic E-state index is 4.81. The Hall–Kier alpha value is -2.14. The molecule has 1 aromatic carbocycles. The lowest BCUT2D eigenvalue weighted by Crippen LogP contribution is -2.46. The Labute approximate surface area is 138 Å². The molecule has 5 nitrogen and oxygen atoms in total. The van der Waals surface area contributed by atoms with Gasteiger partial charge in [-0.15, -0.1) is 0 Å². The van der Waals surface area contributed by atoms with E-state index in [2.05, 4.69) is 39.9 Å². The Morgan fingerprint density at radius 2 is 1.74 bits per heavy atom. The van der Waals surface area contributed by atoms with E-state index >= 15 is 0 Å². The van der Waals surface area contributed by atoms with E-state index < -0.39 is 0 Å². The Kier molecular flexibility index (Phi) is 4.76. The van der Waals surface area contributed by atoms with Crippen molar-refractivity contribution < 1.29 is 0 Å². The second-order valence-electron chi connectivity index (χ2n) is 5.98. The SMILES string of the molecule is CCN1CCN(c2cc(C)nc(N(C)c3ccccc3)n2)CC1. The van der Waals surface area contributed by atoms with Crippen LogP contribution in [-0.2, 0) is 0 Å². The molecule has 1 aromatic heterocycles. The van der Waals surface area contributed by atoms with E-state index in [1.807, 2.05) is 37.1 Å². The summed E-state index contributed by atoms with van der Waals surface area (Å²) in [6, 6.07) is 12.3. The van der Waals surface area contributed by atoms with Gasteiger partial charge in [0.05, 0.1) is 0 Å². The van der Waals surface area contributed by atoms with Gasteiger partial charge in [-0.05, 0) is 25.6 Å². The molecule has 0 unspecified atom stereocenters. The molecule has 122 valence electrons. The zero-order valence-electron chi connectivity index (χ0n) is 14.2. The van der Waals surface area contributed by atoms with Crippen molar-refractivity contribution in [2.45, 2.75) is 13.8 Å². The average Bonchev–Trinajstić information content (AvgIpc) is 2.61. The van der Waals surface area contributed by atoms with Crippen molar-refractivity contribution in [3.8, 4) is 0 Å². The van der Waals surface area contributed by atoms with E-state index in [4.69, 9.17) is 4.98 Å². The van der Waals surface area contributed by atoms with Gasteiger partial charge >= 0.3 is 0 Å². The Bertz CT molecular complexity index is 635. The molecule has 3 rings (SSSR count). The van der Waals surface area contributed by atoms with Gasteiger partial charge in [0.25, 0.3) is 0 Å². The summed E-state index contributed by atoms with van der Waals surface area (Å²) in [5.74, 6) is 1.79. The predicted octanol–water partition coefficient (Wildman–Crippen LogP) is 2.69. The van der Waals surface area contributed by atoms with E-state index in [1.54, 1.807) is 0 Å². The highest BCUT2D eigenvalue weighted by molar-refractivity contribution is 5.58. The summed E-state index contributed by atoms with van der Waals surface area (Å²) in [5, 5.41) is 0. The van der Waals surface area contributed by atoms with Crippen LogP contribution < -0.4 is 9.80 Å². The van der Waals surface area contributed by atoms with Gasteiger partial charge in [0, 0.05) is 50.7 Å². The molecule has 0 bridgehead atoms. The fourth-order valence-electron chi connectivity index (χ4n) is 2.91. The zero-order chi connectivity index (χ0) is 16.2. The summed E-state index contributed by atoms with van der Waals surface area (Å²) in [6.07, 6.45) is 0. The number of para-hydroxylation sites is 1. The van der Waals surface area contributed by atoms with Crippen molar-refractivity contribution in [1.29, 1.82) is 0 Å². The van der Waals surface area contributed by atoms with Crippen molar-refractivity contribution >= 4 is 17.5 Å². The Morgan fingerprint density at radius 3 is 2.39 bits per heavy atom. The molecular formula is C18H25N5. The summed E-state index contributed by atoms with van der Waals surface area (Å²) in [6.45, 7) is 9.64. The van der Waals surface area contributed by atoms with Crippen LogP contribution in [0.3, 0.4) is 0 Å². The fourth-order valence-corrected chi connectivity index (χ4v) is 2.91. The van der Waals surface area contributed by atoms with Crippen LogP contribution in [0.5, 0.6) is 0 Å². The molecule has 2 aromatic rings. The van der Waals surface area contributed by atoms with Gasteiger partial charge in [-0.25, -0.2) is 4.98 Å². The highest BCUT2D eigenvalue weighted by atomic mass is 15.3. The highest BCUT2D eigenvalue weighted by Crippen LogP contribution is 2.23. The largest absolute Gasteiger partial charge is 0.354 e. The number of anilines is 3. The van der Waals surface area contributed by atoms with E-state index in [1.165, 1.54) is 0 Å². The summed E-state index contributed by atoms with van der Waals surface area (Å²) in [4.78, 5) is 16.3. The molecule has 0 saturated carbocycles. The minimum Gasteiger partial charge on any atom is -0.354 e. The minimum absolute atomic E-state index is 0.754. The number of aromatic nitrogens is 2. The van der Waals surface area contributed by atoms with Gasteiger partial charge < -0.3 is 14.7 Å². The molecule has 0 spiro atoms. The van der Waals surface area contributed by atoms with Gasteiger partial charge in [-0.3, -0.25) is 0 Å². The minimum atomic E-state index is 0.754. The number of nitrogens with zero attached hydrogens (tertiary/aromatic N) is 5. The number of piperazine rings is 1. The van der Waals surface area contributed by atoms with Crippen LogP contribution in [0, 0.1) is 6.92 Å². The fraction of sp³-hybridized carbons (Fsp3) is 0.444. The van der Waals surface area contributed by atoms with Gasteiger partial charge in [0.1, 0.15) is 5.82 Å². The normalized spacial score (nSPS) is 15.7. The Balaban J connectivity index is 1.82. The maximum Gasteiger partial charge on any atom is 0.231 e. The van der Waals surface area contributed by atoms with Gasteiger partial charge in [0.15, 0.2) is 0 Å². The first-order chi connectivity index (χ1) is 11.2. The molecule has 0 atom stereocenters. The van der Waals surface area contributed by atoms with E-state index in [9.17, 15) is 0 Å². The van der Waals surface area contributed by atoms with Gasteiger partial charge in [-0.2, -0.15) is 4.98 Å². The first-order valence-electron chi connectivity index (χ1n) is 8.29. The predicted molar refractivity (Wildman–Crippen MR) is 95.6 cm³/mol. The number of aryl methyl sites for hydroxylation is 1. The third-order valence-corrected chi connectivity index (χ3v) is 4.42. The molecule has 5 heteroatoms. The summed E-state index contributed by atoms with van der Waals surface area (Å²) >= 11 is 0. The van der Waals surface area contributed by atoms with Crippen LogP contribution >= 0.6 is 0 Å². The third kappa shape index (κ3) is 3.62. The van der Waals surface area contributed by atoms with Crippen LogP contribution in [-0.4, -0.2) is 54.6 Å². The third-order valence-electron chi connectivity index (χ3n) is 4.42. The van der Waals surface area contributed by atoms with Crippen LogP contribution in [0.1, 0.15) is 12.6 Å². The van der Waals surface area contributed by atoms with Crippen molar-refractivity contribution in [3.05, 3.63) is 42.1 Å². The monoisotopic (exact) mass is 311 g/mol. The van der Waals surface area contributed by atoms with Crippen molar-refractivity contribution in [3.63, 3.8) is 0 Å². The molecule has 0 radical (unpaired) electrons. The van der Waals surface area contributed by atoms with Crippen LogP contribution in [0.25, 0.3) is 0 Å². The number of rotatable bonds is 4. The molecule has 23 heavy (non-hydrogen) atoms. The molecular weight excluding hydrogens is 286 g/mol. The summed E-state index contributed by atoms with van der Waals surface area (Å²) in [5.41, 5.74) is 2.10. The molecule has 2 heterocycles. The van der Waals surface area contributed by atoms with Crippen molar-refractivity contribution in [2.24, 2.45) is 0 Å². The smallest absolute Gasteiger partial charge is 0.231 e. The van der Waals surface area contributed by atoms with E-state index in [-0.39, 0.29) is 0 Å². The maximum absolute atomic E-state index is 4.81. The number of likely N-dealkylation sites (N-methyl/N-ethyl adjacent to an activating group) is 1. The van der Waals surface area contributed by atoms with E-state index in [0.717, 1.165) is 55.9 Å². The van der Waals surface area contributed by atoms with Gasteiger partial charge in [-0.1, -0.05) is 25.1 Å². The molecule has 1 aliphatic heterocycles. The number of hydrogen-bond donors (Lipinski definition) is 0. The molecule has 0 N–H and O–H groups in total. The molecule has 0 aliphatic carbocycles. The van der Waals surface area contributed by atoms with Crippen LogP contribution in [0.2, 0.25) is 0 Å². The van der Waals surface area contributed by atoms with E-state index in [0.29, 0.717) is 0 Å². The zero-order valence-corrected chi connectivity index (χ0v) is 14.2. The molecule has 1 saturated heterocycles. The summed E-state index contributed by atoms with van der Waals surface area (Å²) in [7, 11) is 2.02. The lowest BCUT2D eigenvalue weighted by Gasteiger charge is -2.35. The summed E-state index contributed by atoms with van der Waals surface area (Å²) < 4.78 is 0. The lowest BCUT2D eigenvalue weighted by molar-refractivity contribution is 0.270. The van der Waals surface area contributed by atoms with Crippen molar-refractivity contribution in [2.75, 3.05) is 49.6 Å². The topological polar surface area (TPSA) is 35.5 Å². The number of hydrogen-bond acceptors (Lipinski definition) is 5. The average molecular weight is 311 g/mol. The highest BCUT2D eigenvalue weighted by Gasteiger charge is 2.18. The van der Waals surface area contributed by atoms with Gasteiger partial charge in [0.2, 0.25) is 5.95 Å². The second-order valence-corrected chi connectivity index (χ2v) is 5.98. The lowest BCUT2D eigenvalue weighted by atomic mass is 10.3. The second kappa shape index (κ2) is 6.96. The van der Waals surface area contributed by atoms with Crippen LogP contribution in [0.15, 0.2) is 36.4 Å². The number of benzene rings is 1. The molecule has 1 aliphatic rings. The first kappa shape index (κ1) is 15.7. The van der Waals surface area contributed by atoms with Crippen molar-refractivity contribution in [1.82, 2.24) is 14.9 Å². The quantitative estimate of drug-likeness (QED) is 0.867. The Morgan fingerprint density at radius 1 is 1.04 bits per heavy atom. The molecule has 1 fully saturated rings. The standard InChI is InChI=1S/C18H25N5/c1-4-22-10-12-23(13-11-22)17-14-15(2)19-18(20-17)21(3)16-8-6-5-7-9-16/h5-9,14H,4,10-13H2,1-3H3. The molecule has 0 amide bonds. The van der Waals surface area contributed by atoms with Crippen LogP contribution in [0.4, 0.5) is 17.5 Å².